The predicted molar refractivity (Wildman–Crippen MR) is 171 cm³/mol. The van der Waals surface area contributed by atoms with Crippen molar-refractivity contribution in [2.75, 3.05) is 0 Å². The molecule has 10 heteroatoms. The average Bonchev–Trinajstić information content (AvgIpc) is 3.75. The zero-order valence-corrected chi connectivity index (χ0v) is 26.5. The topological polar surface area (TPSA) is 127 Å². The molecule has 1 aliphatic rings. The zero-order valence-electron chi connectivity index (χ0n) is 26.5. The highest BCUT2D eigenvalue weighted by molar-refractivity contribution is 5.89. The van der Waals surface area contributed by atoms with Crippen molar-refractivity contribution in [3.8, 4) is 0 Å². The van der Waals surface area contributed by atoms with Gasteiger partial charge in [0.1, 0.15) is 24.5 Å². The third-order valence-electron chi connectivity index (χ3n) is 8.26. The molecular weight excluding hydrogens is 570 g/mol. The predicted octanol–water partition coefficient (Wildman–Crippen LogP) is 5.89. The van der Waals surface area contributed by atoms with Crippen LogP contribution in [0.1, 0.15) is 85.3 Å². The van der Waals surface area contributed by atoms with Gasteiger partial charge in [0, 0.05) is 36.6 Å². The van der Waals surface area contributed by atoms with Crippen LogP contribution in [0.4, 0.5) is 4.79 Å². The lowest BCUT2D eigenvalue weighted by molar-refractivity contribution is -0.124. The van der Waals surface area contributed by atoms with Crippen LogP contribution in [0.3, 0.4) is 0 Å². The molecule has 238 valence electrons. The van der Waals surface area contributed by atoms with Crippen LogP contribution >= 0.6 is 0 Å². The maximum atomic E-state index is 13.9. The van der Waals surface area contributed by atoms with Crippen molar-refractivity contribution < 1.29 is 23.5 Å². The van der Waals surface area contributed by atoms with Crippen molar-refractivity contribution in [1.82, 2.24) is 25.5 Å². The Bertz CT molecular complexity index is 1620. The Kier molecular flexibility index (Phi) is 10.2. The molecule has 2 heterocycles. The number of amides is 3. The van der Waals surface area contributed by atoms with Crippen LogP contribution in [0.5, 0.6) is 0 Å². The number of benzene rings is 2. The lowest BCUT2D eigenvalue weighted by Crippen LogP contribution is -2.52. The van der Waals surface area contributed by atoms with Crippen LogP contribution in [-0.4, -0.2) is 39.5 Å². The third-order valence-corrected chi connectivity index (χ3v) is 8.26. The van der Waals surface area contributed by atoms with Crippen LogP contribution in [0.15, 0.2) is 65.2 Å². The lowest BCUT2D eigenvalue weighted by atomic mass is 10.0. The maximum Gasteiger partial charge on any atom is 0.360 e. The number of fused-ring (bicyclic) bond motifs is 1. The second-order valence-corrected chi connectivity index (χ2v) is 12.3. The van der Waals surface area contributed by atoms with Gasteiger partial charge in [0.15, 0.2) is 5.69 Å². The van der Waals surface area contributed by atoms with Gasteiger partial charge in [-0.1, -0.05) is 75.2 Å². The number of carbonyl (C=O) groups excluding carboxylic acids is 3. The van der Waals surface area contributed by atoms with E-state index in [1.807, 2.05) is 86.3 Å². The second kappa shape index (κ2) is 14.5. The van der Waals surface area contributed by atoms with E-state index in [1.54, 1.807) is 6.92 Å². The molecule has 1 saturated carbocycles. The van der Waals surface area contributed by atoms with Gasteiger partial charge in [-0.15, -0.1) is 0 Å². The van der Waals surface area contributed by atoms with Crippen molar-refractivity contribution in [1.29, 1.82) is 0 Å². The minimum Gasteiger partial charge on any atom is -0.456 e. The molecule has 0 bridgehead atoms. The highest BCUT2D eigenvalue weighted by Gasteiger charge is 2.30. The first-order valence-electron chi connectivity index (χ1n) is 15.8. The van der Waals surface area contributed by atoms with Crippen molar-refractivity contribution in [3.05, 3.63) is 89.3 Å². The molecule has 3 N–H and O–H groups in total. The van der Waals surface area contributed by atoms with E-state index in [0.29, 0.717) is 18.6 Å². The Morgan fingerprint density at radius 1 is 1.02 bits per heavy atom. The van der Waals surface area contributed by atoms with Crippen LogP contribution < -0.4 is 16.0 Å². The molecular formula is C35H43N5O5. The summed E-state index contributed by atoms with van der Waals surface area (Å²) >= 11 is 0. The average molecular weight is 614 g/mol. The summed E-state index contributed by atoms with van der Waals surface area (Å²) in [6, 6.07) is 15.7. The van der Waals surface area contributed by atoms with Gasteiger partial charge in [-0.25, -0.2) is 14.6 Å². The fraction of sp³-hybridized carbons (Fsp3) is 0.429. The van der Waals surface area contributed by atoms with Crippen molar-refractivity contribution in [2.24, 2.45) is 13.0 Å². The Morgan fingerprint density at radius 3 is 2.47 bits per heavy atom. The SMILES string of the molecule is Cc1oc([C@@H](Cc2cn(C)c3ccccc23)NC(=O)[C@H](CC(C)C)NC(=O)NC2CCCC2)nc1C(=O)OCc1ccccc1. The smallest absolute Gasteiger partial charge is 0.360 e. The van der Waals surface area contributed by atoms with Gasteiger partial charge in [0.05, 0.1) is 0 Å². The van der Waals surface area contributed by atoms with Crippen molar-refractivity contribution in [2.45, 2.75) is 84.0 Å². The Hall–Kier alpha value is -4.60. The first kappa shape index (κ1) is 31.8. The van der Waals surface area contributed by atoms with E-state index in [0.717, 1.165) is 47.7 Å². The molecule has 5 rings (SSSR count). The number of para-hydroxylation sites is 1. The van der Waals surface area contributed by atoms with Gasteiger partial charge < -0.3 is 29.7 Å². The summed E-state index contributed by atoms with van der Waals surface area (Å²) in [5.41, 5.74) is 2.95. The van der Waals surface area contributed by atoms with Gasteiger partial charge in [-0.05, 0) is 49.3 Å². The molecule has 1 aliphatic carbocycles. The maximum absolute atomic E-state index is 13.9. The summed E-state index contributed by atoms with van der Waals surface area (Å²) in [6.45, 7) is 5.77. The molecule has 0 aliphatic heterocycles. The number of urea groups is 1. The van der Waals surface area contributed by atoms with E-state index >= 15 is 0 Å². The standard InChI is InChI=1S/C35H43N5O5/c1-22(2)18-28(38-35(43)36-26-14-8-9-15-26)32(41)37-29(19-25-20-40(4)30-17-11-10-16-27(25)30)33-39-31(23(3)45-33)34(42)44-21-24-12-6-5-7-13-24/h5-7,10-13,16-17,20,22,26,28-29H,8-9,14-15,18-19,21H2,1-4H3,(H,37,41)(H2,36,38,43)/t28-,29+/m0/s1. The number of carbonyl (C=O) groups is 3. The molecule has 10 nitrogen and oxygen atoms in total. The number of aryl methyl sites for hydroxylation is 2. The number of hydrogen-bond acceptors (Lipinski definition) is 6. The first-order chi connectivity index (χ1) is 21.7. The number of hydrogen-bond donors (Lipinski definition) is 3. The first-order valence-corrected chi connectivity index (χ1v) is 15.8. The minimum atomic E-state index is -0.771. The van der Waals surface area contributed by atoms with Crippen LogP contribution in [0, 0.1) is 12.8 Å². The number of nitrogens with one attached hydrogen (secondary N) is 3. The van der Waals surface area contributed by atoms with Gasteiger partial charge in [-0.3, -0.25) is 4.79 Å². The molecule has 0 spiro atoms. The van der Waals surface area contributed by atoms with Crippen LogP contribution in [-0.2, 0) is 29.6 Å². The van der Waals surface area contributed by atoms with Crippen molar-refractivity contribution >= 4 is 28.8 Å². The summed E-state index contributed by atoms with van der Waals surface area (Å²) in [7, 11) is 1.97. The number of esters is 1. The minimum absolute atomic E-state index is 0.0610. The van der Waals surface area contributed by atoms with Gasteiger partial charge in [0.2, 0.25) is 11.8 Å². The van der Waals surface area contributed by atoms with E-state index in [1.165, 1.54) is 0 Å². The fourth-order valence-corrected chi connectivity index (χ4v) is 5.99. The van der Waals surface area contributed by atoms with Crippen molar-refractivity contribution in [3.63, 3.8) is 0 Å². The molecule has 2 atom stereocenters. The highest BCUT2D eigenvalue weighted by atomic mass is 16.5. The van der Waals surface area contributed by atoms with E-state index < -0.39 is 18.1 Å². The molecule has 0 saturated heterocycles. The normalized spacial score (nSPS) is 14.8. The fourth-order valence-electron chi connectivity index (χ4n) is 5.99. The molecule has 45 heavy (non-hydrogen) atoms. The van der Waals surface area contributed by atoms with Crippen LogP contribution in [0.25, 0.3) is 10.9 Å². The van der Waals surface area contributed by atoms with E-state index in [4.69, 9.17) is 9.15 Å². The summed E-state index contributed by atoms with van der Waals surface area (Å²) in [5, 5.41) is 10.1. The quantitative estimate of drug-likeness (QED) is 0.171. The third kappa shape index (κ3) is 8.12. The zero-order chi connectivity index (χ0) is 31.9. The van der Waals surface area contributed by atoms with E-state index in [2.05, 4.69) is 20.9 Å². The Balaban J connectivity index is 1.39. The van der Waals surface area contributed by atoms with E-state index in [-0.39, 0.29) is 42.1 Å². The molecule has 3 amide bonds. The van der Waals surface area contributed by atoms with Crippen LogP contribution in [0.2, 0.25) is 0 Å². The number of nitrogens with zero attached hydrogens (tertiary/aromatic N) is 2. The van der Waals surface area contributed by atoms with Gasteiger partial charge in [-0.2, -0.15) is 0 Å². The summed E-state index contributed by atoms with van der Waals surface area (Å²) in [4.78, 5) is 44.3. The second-order valence-electron chi connectivity index (χ2n) is 12.3. The molecule has 1 fully saturated rings. The molecule has 2 aromatic heterocycles. The van der Waals surface area contributed by atoms with Gasteiger partial charge in [0.25, 0.3) is 0 Å². The molecule has 4 aromatic rings. The summed E-state index contributed by atoms with van der Waals surface area (Å²) < 4.78 is 13.6. The monoisotopic (exact) mass is 613 g/mol. The highest BCUT2D eigenvalue weighted by Crippen LogP contribution is 2.28. The number of aromatic nitrogens is 2. The molecule has 0 unspecified atom stereocenters. The Labute approximate surface area is 263 Å². The van der Waals surface area contributed by atoms with E-state index in [9.17, 15) is 14.4 Å². The summed E-state index contributed by atoms with van der Waals surface area (Å²) in [5.74, 6) is -0.310. The molecule has 0 radical (unpaired) electrons. The number of rotatable bonds is 12. The lowest BCUT2D eigenvalue weighted by Gasteiger charge is -2.24. The number of ether oxygens (including phenoxy) is 1. The Morgan fingerprint density at radius 2 is 1.73 bits per heavy atom. The number of oxazole rings is 1. The summed E-state index contributed by atoms with van der Waals surface area (Å²) in [6.07, 6.45) is 6.90. The van der Waals surface area contributed by atoms with Gasteiger partial charge >= 0.3 is 12.0 Å². The largest absolute Gasteiger partial charge is 0.456 e. The molecule has 2 aromatic carbocycles.